The van der Waals surface area contributed by atoms with Crippen molar-refractivity contribution in [2.75, 3.05) is 38.4 Å². The van der Waals surface area contributed by atoms with Crippen molar-refractivity contribution >= 4 is 23.4 Å². The van der Waals surface area contributed by atoms with E-state index in [1.165, 1.54) is 30.2 Å². The van der Waals surface area contributed by atoms with Crippen LogP contribution in [0, 0.1) is 0 Å². The van der Waals surface area contributed by atoms with E-state index < -0.39 is 5.91 Å². The number of nitrogens with zero attached hydrogens (tertiary/aromatic N) is 4. The Bertz CT molecular complexity index is 1050. The topological polar surface area (TPSA) is 109 Å². The number of aromatic nitrogens is 2. The quantitative estimate of drug-likeness (QED) is 0.614. The third-order valence-corrected chi connectivity index (χ3v) is 7.46. The molecule has 0 saturated carbocycles. The first-order chi connectivity index (χ1) is 15.9. The van der Waals surface area contributed by atoms with Crippen LogP contribution in [0.1, 0.15) is 47.2 Å². The van der Waals surface area contributed by atoms with Gasteiger partial charge < -0.3 is 30.9 Å². The molecule has 33 heavy (non-hydrogen) atoms. The number of rotatable bonds is 6. The van der Waals surface area contributed by atoms with Crippen molar-refractivity contribution in [3.63, 3.8) is 0 Å². The number of carbonyl (C=O) groups excluding carboxylic acids is 1. The normalized spacial score (nSPS) is 24.9. The van der Waals surface area contributed by atoms with Gasteiger partial charge in [0.05, 0.1) is 18.4 Å². The molecule has 9 nitrogen and oxygen atoms in total. The molecule has 4 N–H and O–H groups in total. The number of hydrogen-bond acceptors (Lipinski definition) is 8. The first kappa shape index (κ1) is 21.9. The lowest BCUT2D eigenvalue weighted by molar-refractivity contribution is 0.100. The van der Waals surface area contributed by atoms with Gasteiger partial charge in [-0.05, 0) is 69.5 Å². The van der Waals surface area contributed by atoms with Crippen LogP contribution in [0.5, 0.6) is 5.75 Å². The third kappa shape index (κ3) is 4.35. The largest absolute Gasteiger partial charge is 0.495 e. The fraction of sp³-hybridized carbons (Fsp3) is 0.542. The van der Waals surface area contributed by atoms with E-state index in [1.807, 2.05) is 0 Å². The Balaban J connectivity index is 1.40. The lowest BCUT2D eigenvalue weighted by atomic mass is 9.98. The lowest BCUT2D eigenvalue weighted by Gasteiger charge is -2.37. The van der Waals surface area contributed by atoms with Crippen molar-refractivity contribution in [3.8, 4) is 5.75 Å². The molecular weight excluding hydrogens is 418 g/mol. The number of amides is 1. The predicted octanol–water partition coefficient (Wildman–Crippen LogP) is 2.35. The summed E-state index contributed by atoms with van der Waals surface area (Å²) in [5, 5.41) is 6.81. The number of benzene rings is 1. The maximum Gasteiger partial charge on any atom is 0.254 e. The molecule has 3 aliphatic heterocycles. The second-order valence-electron chi connectivity index (χ2n) is 9.62. The van der Waals surface area contributed by atoms with E-state index in [2.05, 4.69) is 56.6 Å². The van der Waals surface area contributed by atoms with Crippen LogP contribution in [0.4, 0.5) is 17.5 Å². The van der Waals surface area contributed by atoms with Gasteiger partial charge >= 0.3 is 0 Å². The zero-order valence-electron chi connectivity index (χ0n) is 19.6. The van der Waals surface area contributed by atoms with Gasteiger partial charge in [0.2, 0.25) is 5.95 Å². The molecule has 2 fully saturated rings. The smallest absolute Gasteiger partial charge is 0.254 e. The SMILES string of the molecule is COc1cc2c(cc1Nc1ncc(C(N)=O)c(NC3C[C@H]4CC[C@@H](C3)N4C)n1)CN(C)CC2. The summed E-state index contributed by atoms with van der Waals surface area (Å²) in [6.45, 7) is 1.93. The number of nitrogens with two attached hydrogens (primary N) is 1. The lowest BCUT2D eigenvalue weighted by Crippen LogP contribution is -2.44. The molecule has 3 aliphatic rings. The first-order valence-corrected chi connectivity index (χ1v) is 11.7. The summed E-state index contributed by atoms with van der Waals surface area (Å²) in [4.78, 5) is 25.9. The van der Waals surface area contributed by atoms with Gasteiger partial charge in [-0.15, -0.1) is 0 Å². The Labute approximate surface area is 194 Å². The number of ether oxygens (including phenoxy) is 1. The van der Waals surface area contributed by atoms with Crippen LogP contribution in [-0.2, 0) is 13.0 Å². The fourth-order valence-corrected chi connectivity index (χ4v) is 5.57. The zero-order valence-corrected chi connectivity index (χ0v) is 19.6. The maximum absolute atomic E-state index is 12.1. The Kier molecular flexibility index (Phi) is 5.84. The molecule has 2 bridgehead atoms. The van der Waals surface area contributed by atoms with Gasteiger partial charge in [-0.1, -0.05) is 0 Å². The Hall–Kier alpha value is -2.91. The second-order valence-corrected chi connectivity index (χ2v) is 9.62. The molecule has 2 aromatic rings. The first-order valence-electron chi connectivity index (χ1n) is 11.7. The number of piperidine rings is 1. The molecule has 4 heterocycles. The highest BCUT2D eigenvalue weighted by Crippen LogP contribution is 2.36. The molecule has 9 heteroatoms. The monoisotopic (exact) mass is 451 g/mol. The van der Waals surface area contributed by atoms with Crippen LogP contribution in [0.3, 0.4) is 0 Å². The van der Waals surface area contributed by atoms with Crippen molar-refractivity contribution in [2.24, 2.45) is 5.73 Å². The highest BCUT2D eigenvalue weighted by atomic mass is 16.5. The minimum Gasteiger partial charge on any atom is -0.495 e. The fourth-order valence-electron chi connectivity index (χ4n) is 5.57. The number of anilines is 3. The standard InChI is InChI=1S/C24H33N7O2/c1-30-7-6-14-9-21(33-3)20(8-15(14)13-30)28-24-26-12-19(22(25)32)23(29-24)27-16-10-17-4-5-18(11-16)31(17)2/h8-9,12,16-18H,4-7,10-11,13H2,1-3H3,(H2,25,32)(H2,26,27,28,29)/t16?,17-,18+. The number of likely N-dealkylation sites (N-methyl/N-ethyl adjacent to an activating group) is 1. The number of methoxy groups -OCH3 is 1. The van der Waals surface area contributed by atoms with Crippen molar-refractivity contribution in [1.82, 2.24) is 19.8 Å². The van der Waals surface area contributed by atoms with Gasteiger partial charge in [-0.3, -0.25) is 4.79 Å². The van der Waals surface area contributed by atoms with Crippen LogP contribution in [0.25, 0.3) is 0 Å². The van der Waals surface area contributed by atoms with E-state index in [4.69, 9.17) is 10.5 Å². The van der Waals surface area contributed by atoms with Gasteiger partial charge in [0.1, 0.15) is 11.6 Å². The summed E-state index contributed by atoms with van der Waals surface area (Å²) in [7, 11) is 6.00. The van der Waals surface area contributed by atoms with E-state index >= 15 is 0 Å². The number of carbonyl (C=O) groups is 1. The predicted molar refractivity (Wildman–Crippen MR) is 128 cm³/mol. The molecule has 0 spiro atoms. The van der Waals surface area contributed by atoms with Gasteiger partial charge in [0.15, 0.2) is 0 Å². The summed E-state index contributed by atoms with van der Waals surface area (Å²) >= 11 is 0. The Morgan fingerprint density at radius 2 is 1.94 bits per heavy atom. The highest BCUT2D eigenvalue weighted by molar-refractivity contribution is 5.97. The molecule has 1 aromatic carbocycles. The van der Waals surface area contributed by atoms with Crippen LogP contribution in [-0.4, -0.2) is 71.6 Å². The van der Waals surface area contributed by atoms with Crippen molar-refractivity contribution < 1.29 is 9.53 Å². The molecule has 1 aromatic heterocycles. The van der Waals surface area contributed by atoms with E-state index in [0.29, 0.717) is 29.4 Å². The molecule has 3 atom stereocenters. The van der Waals surface area contributed by atoms with Gasteiger partial charge in [0, 0.05) is 37.4 Å². The molecule has 5 rings (SSSR count). The Morgan fingerprint density at radius 1 is 1.18 bits per heavy atom. The van der Waals surface area contributed by atoms with Crippen LogP contribution >= 0.6 is 0 Å². The summed E-state index contributed by atoms with van der Waals surface area (Å²) in [5.41, 5.74) is 9.32. The molecular formula is C24H33N7O2. The van der Waals surface area contributed by atoms with Crippen molar-refractivity contribution in [3.05, 3.63) is 35.0 Å². The number of primary amides is 1. The van der Waals surface area contributed by atoms with E-state index in [1.54, 1.807) is 7.11 Å². The van der Waals surface area contributed by atoms with Gasteiger partial charge in [0.25, 0.3) is 5.91 Å². The maximum atomic E-state index is 12.1. The summed E-state index contributed by atoms with van der Waals surface area (Å²) in [6, 6.07) is 5.62. The molecule has 176 valence electrons. The van der Waals surface area contributed by atoms with Crippen LogP contribution < -0.4 is 21.1 Å². The summed E-state index contributed by atoms with van der Waals surface area (Å²) < 4.78 is 5.64. The number of hydrogen-bond donors (Lipinski definition) is 3. The molecule has 0 aliphatic carbocycles. The average molecular weight is 452 g/mol. The van der Waals surface area contributed by atoms with E-state index in [-0.39, 0.29) is 6.04 Å². The third-order valence-electron chi connectivity index (χ3n) is 7.46. The van der Waals surface area contributed by atoms with Gasteiger partial charge in [-0.25, -0.2) is 4.98 Å². The van der Waals surface area contributed by atoms with Crippen LogP contribution in [0.2, 0.25) is 0 Å². The second kappa shape index (κ2) is 8.79. The summed E-state index contributed by atoms with van der Waals surface area (Å²) in [6.07, 6.45) is 7.02. The average Bonchev–Trinajstić information content (AvgIpc) is 2.99. The Morgan fingerprint density at radius 3 is 2.64 bits per heavy atom. The molecule has 1 unspecified atom stereocenters. The highest BCUT2D eigenvalue weighted by Gasteiger charge is 2.38. The zero-order chi connectivity index (χ0) is 23.1. The molecule has 1 amide bonds. The summed E-state index contributed by atoms with van der Waals surface area (Å²) in [5.74, 6) is 1.11. The van der Waals surface area contributed by atoms with Crippen LogP contribution in [0.15, 0.2) is 18.3 Å². The minimum atomic E-state index is -0.533. The number of nitrogens with one attached hydrogen (secondary N) is 2. The minimum absolute atomic E-state index is 0.258. The van der Waals surface area contributed by atoms with Gasteiger partial charge in [-0.2, -0.15) is 4.98 Å². The van der Waals surface area contributed by atoms with Crippen molar-refractivity contribution in [2.45, 2.75) is 56.8 Å². The molecule has 2 saturated heterocycles. The number of fused-ring (bicyclic) bond motifs is 3. The molecule has 0 radical (unpaired) electrons. The van der Waals surface area contributed by atoms with E-state index in [9.17, 15) is 4.79 Å². The van der Waals surface area contributed by atoms with Crippen molar-refractivity contribution in [1.29, 1.82) is 0 Å². The van der Waals surface area contributed by atoms with E-state index in [0.717, 1.165) is 43.8 Å².